The van der Waals surface area contributed by atoms with E-state index in [0.717, 1.165) is 36.8 Å². The summed E-state index contributed by atoms with van der Waals surface area (Å²) in [7, 11) is 0. The number of guanidine groups is 1. The van der Waals surface area contributed by atoms with E-state index in [1.54, 1.807) is 0 Å². The first kappa shape index (κ1) is 20.1. The molecule has 2 rings (SSSR count). The molecule has 1 fully saturated rings. The van der Waals surface area contributed by atoms with E-state index in [-0.39, 0.29) is 24.0 Å². The predicted molar refractivity (Wildman–Crippen MR) is 108 cm³/mol. The third-order valence-corrected chi connectivity index (χ3v) is 3.84. The van der Waals surface area contributed by atoms with Crippen LogP contribution in [0.25, 0.3) is 0 Å². The van der Waals surface area contributed by atoms with E-state index in [9.17, 15) is 0 Å². The van der Waals surface area contributed by atoms with Crippen molar-refractivity contribution >= 4 is 29.9 Å². The van der Waals surface area contributed by atoms with Crippen LogP contribution in [0.5, 0.6) is 5.75 Å². The van der Waals surface area contributed by atoms with E-state index in [0.29, 0.717) is 18.4 Å². The molecule has 0 aromatic heterocycles. The Labute approximate surface area is 157 Å². The van der Waals surface area contributed by atoms with E-state index in [4.69, 9.17) is 10.5 Å². The highest BCUT2D eigenvalue weighted by Crippen LogP contribution is 2.30. The Balaban J connectivity index is 0.00000264. The van der Waals surface area contributed by atoms with Crippen molar-refractivity contribution in [1.29, 1.82) is 0 Å². The van der Waals surface area contributed by atoms with Gasteiger partial charge in [-0.1, -0.05) is 26.0 Å². The molecule has 1 aliphatic rings. The van der Waals surface area contributed by atoms with Gasteiger partial charge in [0.05, 0.1) is 13.2 Å². The smallest absolute Gasteiger partial charge is 0.188 e. The standard InChI is InChI=1S/C18H29N3O.HI/c1-13(2)8-9-20-18(19)21-11-16-7-4-14(3)10-17(16)22-12-15-5-6-15;/h4,7,10,13,15H,5-6,8-9,11-12H2,1-3H3,(H3,19,20,21);1H. The Morgan fingerprint density at radius 1 is 1.39 bits per heavy atom. The number of nitrogens with two attached hydrogens (primary N) is 1. The van der Waals surface area contributed by atoms with Gasteiger partial charge in [0.1, 0.15) is 5.75 Å². The number of aliphatic imine (C=N–C) groups is 1. The predicted octanol–water partition coefficient (Wildman–Crippen LogP) is 3.85. The number of nitrogens with zero attached hydrogens (tertiary/aromatic N) is 1. The summed E-state index contributed by atoms with van der Waals surface area (Å²) in [6.07, 6.45) is 3.69. The normalized spacial score (nSPS) is 14.5. The fourth-order valence-electron chi connectivity index (χ4n) is 2.13. The van der Waals surface area contributed by atoms with Crippen LogP contribution >= 0.6 is 24.0 Å². The molecule has 4 nitrogen and oxygen atoms in total. The summed E-state index contributed by atoms with van der Waals surface area (Å²) >= 11 is 0. The molecule has 3 N–H and O–H groups in total. The van der Waals surface area contributed by atoms with Crippen LogP contribution < -0.4 is 15.8 Å². The van der Waals surface area contributed by atoms with Gasteiger partial charge in [-0.25, -0.2) is 4.99 Å². The second-order valence-corrected chi connectivity index (χ2v) is 6.68. The van der Waals surface area contributed by atoms with Gasteiger partial charge in [0.25, 0.3) is 0 Å². The molecule has 0 aliphatic heterocycles. The number of hydrogen-bond donors (Lipinski definition) is 2. The average Bonchev–Trinajstić information content (AvgIpc) is 3.28. The Morgan fingerprint density at radius 3 is 2.78 bits per heavy atom. The number of halogens is 1. The molecule has 0 amide bonds. The molecule has 0 heterocycles. The van der Waals surface area contributed by atoms with Crippen molar-refractivity contribution in [2.45, 2.75) is 46.6 Å². The quantitative estimate of drug-likeness (QED) is 0.374. The topological polar surface area (TPSA) is 59.6 Å². The fraction of sp³-hybridized carbons (Fsp3) is 0.611. The minimum Gasteiger partial charge on any atom is -0.493 e. The molecule has 130 valence electrons. The van der Waals surface area contributed by atoms with Crippen LogP contribution in [-0.4, -0.2) is 19.1 Å². The molecule has 5 heteroatoms. The zero-order chi connectivity index (χ0) is 15.9. The van der Waals surface area contributed by atoms with Crippen molar-refractivity contribution in [3.63, 3.8) is 0 Å². The van der Waals surface area contributed by atoms with Crippen LogP contribution in [-0.2, 0) is 6.54 Å². The maximum Gasteiger partial charge on any atom is 0.188 e. The SMILES string of the molecule is Cc1ccc(CN=C(N)NCCC(C)C)c(OCC2CC2)c1.I. The van der Waals surface area contributed by atoms with Crippen molar-refractivity contribution in [3.05, 3.63) is 29.3 Å². The van der Waals surface area contributed by atoms with Crippen LogP contribution in [0.1, 0.15) is 44.2 Å². The Hall–Kier alpha value is -0.980. The van der Waals surface area contributed by atoms with Gasteiger partial charge in [-0.05, 0) is 49.7 Å². The Kier molecular flexibility index (Phi) is 8.73. The number of aryl methyl sites for hydroxylation is 1. The zero-order valence-corrected chi connectivity index (χ0v) is 16.8. The molecule has 0 atom stereocenters. The second-order valence-electron chi connectivity index (χ2n) is 6.68. The van der Waals surface area contributed by atoms with Crippen LogP contribution in [0.2, 0.25) is 0 Å². The monoisotopic (exact) mass is 431 g/mol. The first-order valence-electron chi connectivity index (χ1n) is 8.30. The van der Waals surface area contributed by atoms with Gasteiger partial charge in [0.2, 0.25) is 0 Å². The molecule has 1 aliphatic carbocycles. The number of ether oxygens (including phenoxy) is 1. The Bertz CT molecular complexity index is 513. The summed E-state index contributed by atoms with van der Waals surface area (Å²) in [6, 6.07) is 6.27. The minimum absolute atomic E-state index is 0. The fourth-order valence-corrected chi connectivity index (χ4v) is 2.13. The van der Waals surface area contributed by atoms with Crippen molar-refractivity contribution in [2.75, 3.05) is 13.2 Å². The van der Waals surface area contributed by atoms with Gasteiger partial charge in [-0.15, -0.1) is 24.0 Å². The van der Waals surface area contributed by atoms with Crippen molar-refractivity contribution in [3.8, 4) is 5.75 Å². The lowest BCUT2D eigenvalue weighted by molar-refractivity contribution is 0.296. The minimum atomic E-state index is 0. The largest absolute Gasteiger partial charge is 0.493 e. The van der Waals surface area contributed by atoms with E-state index in [2.05, 4.69) is 49.3 Å². The first-order chi connectivity index (χ1) is 10.5. The van der Waals surface area contributed by atoms with Gasteiger partial charge in [0.15, 0.2) is 5.96 Å². The molecule has 0 bridgehead atoms. The van der Waals surface area contributed by atoms with Crippen LogP contribution in [0, 0.1) is 18.8 Å². The second kappa shape index (κ2) is 10.0. The molecular weight excluding hydrogens is 401 g/mol. The van der Waals surface area contributed by atoms with Crippen LogP contribution in [0.4, 0.5) is 0 Å². The van der Waals surface area contributed by atoms with Gasteiger partial charge >= 0.3 is 0 Å². The molecule has 0 radical (unpaired) electrons. The molecular formula is C18H30IN3O. The number of nitrogens with one attached hydrogen (secondary N) is 1. The number of rotatable bonds is 8. The highest BCUT2D eigenvalue weighted by molar-refractivity contribution is 14.0. The lowest BCUT2D eigenvalue weighted by atomic mass is 10.1. The average molecular weight is 431 g/mol. The summed E-state index contributed by atoms with van der Waals surface area (Å²) in [5.41, 5.74) is 8.22. The maximum atomic E-state index is 5.96. The van der Waals surface area contributed by atoms with Crippen LogP contribution in [0.15, 0.2) is 23.2 Å². The van der Waals surface area contributed by atoms with Crippen molar-refractivity contribution < 1.29 is 4.74 Å². The van der Waals surface area contributed by atoms with E-state index in [1.165, 1.54) is 18.4 Å². The summed E-state index contributed by atoms with van der Waals surface area (Å²) < 4.78 is 5.96. The first-order valence-corrected chi connectivity index (χ1v) is 8.30. The van der Waals surface area contributed by atoms with E-state index in [1.807, 2.05) is 0 Å². The highest BCUT2D eigenvalue weighted by atomic mass is 127. The van der Waals surface area contributed by atoms with E-state index >= 15 is 0 Å². The lowest BCUT2D eigenvalue weighted by Crippen LogP contribution is -2.32. The summed E-state index contributed by atoms with van der Waals surface area (Å²) in [5, 5.41) is 3.16. The van der Waals surface area contributed by atoms with Gasteiger partial charge in [-0.3, -0.25) is 0 Å². The van der Waals surface area contributed by atoms with Crippen molar-refractivity contribution in [2.24, 2.45) is 22.6 Å². The molecule has 0 unspecified atom stereocenters. The highest BCUT2D eigenvalue weighted by Gasteiger charge is 2.22. The van der Waals surface area contributed by atoms with E-state index < -0.39 is 0 Å². The van der Waals surface area contributed by atoms with Gasteiger partial charge in [0, 0.05) is 12.1 Å². The molecule has 1 aromatic rings. The third kappa shape index (κ3) is 7.90. The Morgan fingerprint density at radius 2 is 2.13 bits per heavy atom. The molecule has 0 saturated heterocycles. The van der Waals surface area contributed by atoms with Crippen LogP contribution in [0.3, 0.4) is 0 Å². The lowest BCUT2D eigenvalue weighted by Gasteiger charge is -2.12. The third-order valence-electron chi connectivity index (χ3n) is 3.84. The van der Waals surface area contributed by atoms with Gasteiger partial charge < -0.3 is 15.8 Å². The molecule has 0 spiro atoms. The maximum absolute atomic E-state index is 5.96. The zero-order valence-electron chi connectivity index (χ0n) is 14.5. The molecule has 1 saturated carbocycles. The summed E-state index contributed by atoms with van der Waals surface area (Å²) in [5.74, 6) is 2.87. The molecule has 23 heavy (non-hydrogen) atoms. The molecule has 1 aromatic carbocycles. The number of benzene rings is 1. The summed E-state index contributed by atoms with van der Waals surface area (Å²) in [6.45, 7) is 8.73. The summed E-state index contributed by atoms with van der Waals surface area (Å²) in [4.78, 5) is 4.43. The van der Waals surface area contributed by atoms with Gasteiger partial charge in [-0.2, -0.15) is 0 Å². The van der Waals surface area contributed by atoms with Crippen molar-refractivity contribution in [1.82, 2.24) is 5.32 Å². The number of hydrogen-bond acceptors (Lipinski definition) is 2.